The predicted molar refractivity (Wildman–Crippen MR) is 93.3 cm³/mol. The van der Waals surface area contributed by atoms with Crippen molar-refractivity contribution in [2.75, 3.05) is 13.1 Å². The molecule has 2 fully saturated rings. The van der Waals surface area contributed by atoms with Gasteiger partial charge in [-0.2, -0.15) is 0 Å². The fraction of sp³-hybridized carbons (Fsp3) is 0.579. The van der Waals surface area contributed by atoms with Crippen LogP contribution >= 0.6 is 0 Å². The standard InChI is InChI=1S/C19H27N3O2/c1-13-5-2-3-7-16(13)18(15-8-9-15)21-19(24)22-10-4-6-14(12-22)11-17(20)23/h2-3,5,7,14-15,18H,4,6,8-12H2,1H3,(H2,20,23)(H,21,24). The van der Waals surface area contributed by atoms with E-state index < -0.39 is 0 Å². The van der Waals surface area contributed by atoms with Crippen LogP contribution in [-0.4, -0.2) is 29.9 Å². The highest BCUT2D eigenvalue weighted by Gasteiger charge is 2.35. The summed E-state index contributed by atoms with van der Waals surface area (Å²) in [5.74, 6) is 0.458. The molecule has 2 unspecified atom stereocenters. The monoisotopic (exact) mass is 329 g/mol. The molecule has 1 aliphatic heterocycles. The molecular weight excluding hydrogens is 302 g/mol. The van der Waals surface area contributed by atoms with E-state index in [2.05, 4.69) is 24.4 Å². The molecule has 1 aromatic rings. The van der Waals surface area contributed by atoms with Crippen molar-refractivity contribution >= 4 is 11.9 Å². The van der Waals surface area contributed by atoms with Gasteiger partial charge in [-0.15, -0.1) is 0 Å². The molecule has 130 valence electrons. The first kappa shape index (κ1) is 16.8. The van der Waals surface area contributed by atoms with E-state index in [9.17, 15) is 9.59 Å². The van der Waals surface area contributed by atoms with E-state index in [1.807, 2.05) is 17.0 Å². The molecule has 1 heterocycles. The number of carbonyl (C=O) groups is 2. The van der Waals surface area contributed by atoms with Crippen molar-refractivity contribution in [2.45, 2.75) is 45.1 Å². The molecule has 3 rings (SSSR count). The molecule has 0 radical (unpaired) electrons. The SMILES string of the molecule is Cc1ccccc1C(NC(=O)N1CCCC(CC(N)=O)C1)C1CC1. The van der Waals surface area contributed by atoms with Crippen LogP contribution in [0, 0.1) is 18.8 Å². The Hall–Kier alpha value is -2.04. The number of piperidine rings is 1. The number of carbonyl (C=O) groups excluding carboxylic acids is 2. The van der Waals surface area contributed by atoms with Crippen molar-refractivity contribution in [2.24, 2.45) is 17.6 Å². The maximum Gasteiger partial charge on any atom is 0.317 e. The number of nitrogens with two attached hydrogens (primary N) is 1. The van der Waals surface area contributed by atoms with E-state index in [4.69, 9.17) is 5.73 Å². The number of benzene rings is 1. The van der Waals surface area contributed by atoms with Gasteiger partial charge in [-0.3, -0.25) is 4.79 Å². The number of rotatable bonds is 5. The van der Waals surface area contributed by atoms with Gasteiger partial charge in [0.15, 0.2) is 0 Å². The minimum atomic E-state index is -0.280. The van der Waals surface area contributed by atoms with Gasteiger partial charge in [-0.25, -0.2) is 4.79 Å². The van der Waals surface area contributed by atoms with E-state index in [1.165, 1.54) is 24.0 Å². The Bertz CT molecular complexity index is 612. The topological polar surface area (TPSA) is 75.4 Å². The molecule has 0 bridgehead atoms. The minimum absolute atomic E-state index is 0.00989. The summed E-state index contributed by atoms with van der Waals surface area (Å²) >= 11 is 0. The van der Waals surface area contributed by atoms with Crippen LogP contribution in [0.2, 0.25) is 0 Å². The van der Waals surface area contributed by atoms with Crippen LogP contribution in [0.25, 0.3) is 0 Å². The molecule has 2 atom stereocenters. The lowest BCUT2D eigenvalue weighted by Gasteiger charge is -2.34. The van der Waals surface area contributed by atoms with Gasteiger partial charge in [0.1, 0.15) is 0 Å². The zero-order valence-corrected chi connectivity index (χ0v) is 14.3. The van der Waals surface area contributed by atoms with E-state index >= 15 is 0 Å². The Kier molecular flexibility index (Phi) is 5.07. The number of primary amides is 1. The first-order chi connectivity index (χ1) is 11.5. The number of nitrogens with zero attached hydrogens (tertiary/aromatic N) is 1. The molecule has 0 spiro atoms. The zero-order chi connectivity index (χ0) is 17.1. The molecule has 3 N–H and O–H groups in total. The van der Waals surface area contributed by atoms with Gasteiger partial charge in [-0.05, 0) is 55.6 Å². The average Bonchev–Trinajstić information content (AvgIpc) is 3.37. The highest BCUT2D eigenvalue weighted by Crippen LogP contribution is 2.42. The number of hydrogen-bond acceptors (Lipinski definition) is 2. The lowest BCUT2D eigenvalue weighted by atomic mass is 9.94. The maximum absolute atomic E-state index is 12.8. The summed E-state index contributed by atoms with van der Waals surface area (Å²) in [7, 11) is 0. The number of nitrogens with one attached hydrogen (secondary N) is 1. The van der Waals surface area contributed by atoms with Gasteiger partial charge in [0.05, 0.1) is 6.04 Å². The second-order valence-corrected chi connectivity index (χ2v) is 7.25. The van der Waals surface area contributed by atoms with Crippen LogP contribution < -0.4 is 11.1 Å². The Morgan fingerprint density at radius 3 is 2.71 bits per heavy atom. The van der Waals surface area contributed by atoms with Crippen LogP contribution in [0.5, 0.6) is 0 Å². The van der Waals surface area contributed by atoms with Crippen molar-refractivity contribution in [3.05, 3.63) is 35.4 Å². The quantitative estimate of drug-likeness (QED) is 0.871. The van der Waals surface area contributed by atoms with Crippen molar-refractivity contribution in [1.82, 2.24) is 10.2 Å². The van der Waals surface area contributed by atoms with E-state index in [0.29, 0.717) is 18.9 Å². The van der Waals surface area contributed by atoms with Gasteiger partial charge < -0.3 is 16.0 Å². The number of aryl methyl sites for hydroxylation is 1. The van der Waals surface area contributed by atoms with Gasteiger partial charge in [0.2, 0.25) is 5.91 Å². The molecule has 1 aliphatic carbocycles. The fourth-order valence-corrected chi connectivity index (χ4v) is 3.74. The third-order valence-corrected chi connectivity index (χ3v) is 5.19. The van der Waals surface area contributed by atoms with Gasteiger partial charge in [0.25, 0.3) is 0 Å². The first-order valence-corrected chi connectivity index (χ1v) is 8.94. The van der Waals surface area contributed by atoms with Crippen molar-refractivity contribution in [1.29, 1.82) is 0 Å². The number of hydrogen-bond donors (Lipinski definition) is 2. The van der Waals surface area contributed by atoms with Crippen LogP contribution in [0.15, 0.2) is 24.3 Å². The first-order valence-electron chi connectivity index (χ1n) is 8.94. The van der Waals surface area contributed by atoms with Crippen LogP contribution in [-0.2, 0) is 4.79 Å². The second kappa shape index (κ2) is 7.24. The van der Waals surface area contributed by atoms with Crippen LogP contribution in [0.1, 0.15) is 49.3 Å². The highest BCUT2D eigenvalue weighted by molar-refractivity contribution is 5.76. The highest BCUT2D eigenvalue weighted by atomic mass is 16.2. The molecule has 1 aromatic carbocycles. The zero-order valence-electron chi connectivity index (χ0n) is 14.3. The van der Waals surface area contributed by atoms with Crippen molar-refractivity contribution in [3.8, 4) is 0 Å². The van der Waals surface area contributed by atoms with E-state index in [-0.39, 0.29) is 23.9 Å². The summed E-state index contributed by atoms with van der Waals surface area (Å²) < 4.78 is 0. The average molecular weight is 329 g/mol. The minimum Gasteiger partial charge on any atom is -0.370 e. The molecule has 24 heavy (non-hydrogen) atoms. The van der Waals surface area contributed by atoms with E-state index in [0.717, 1.165) is 19.4 Å². The number of likely N-dealkylation sites (tertiary alicyclic amines) is 1. The van der Waals surface area contributed by atoms with Gasteiger partial charge in [0, 0.05) is 19.5 Å². The third-order valence-electron chi connectivity index (χ3n) is 5.19. The third kappa shape index (κ3) is 4.08. The number of amides is 3. The summed E-state index contributed by atoms with van der Waals surface area (Å²) in [5.41, 5.74) is 7.75. The second-order valence-electron chi connectivity index (χ2n) is 7.25. The molecule has 3 amide bonds. The fourth-order valence-electron chi connectivity index (χ4n) is 3.74. The molecule has 5 nitrogen and oxygen atoms in total. The lowest BCUT2D eigenvalue weighted by molar-refractivity contribution is -0.119. The molecule has 1 saturated heterocycles. The maximum atomic E-state index is 12.8. The summed E-state index contributed by atoms with van der Waals surface area (Å²) in [4.78, 5) is 25.8. The Morgan fingerprint density at radius 2 is 2.04 bits per heavy atom. The molecular formula is C19H27N3O2. The number of urea groups is 1. The summed E-state index contributed by atoms with van der Waals surface area (Å²) in [6, 6.07) is 8.36. The van der Waals surface area contributed by atoms with Crippen LogP contribution in [0.4, 0.5) is 4.79 Å². The Morgan fingerprint density at radius 1 is 1.29 bits per heavy atom. The molecule has 5 heteroatoms. The normalized spacial score (nSPS) is 22.0. The molecule has 2 aliphatic rings. The van der Waals surface area contributed by atoms with E-state index in [1.54, 1.807) is 0 Å². The van der Waals surface area contributed by atoms with Crippen LogP contribution in [0.3, 0.4) is 0 Å². The summed E-state index contributed by atoms with van der Waals surface area (Å²) in [6.45, 7) is 3.48. The largest absolute Gasteiger partial charge is 0.370 e. The van der Waals surface area contributed by atoms with Crippen molar-refractivity contribution < 1.29 is 9.59 Å². The molecule has 1 saturated carbocycles. The lowest BCUT2D eigenvalue weighted by Crippen LogP contribution is -2.47. The summed E-state index contributed by atoms with van der Waals surface area (Å²) in [6.07, 6.45) is 4.61. The van der Waals surface area contributed by atoms with Gasteiger partial charge in [-0.1, -0.05) is 24.3 Å². The summed E-state index contributed by atoms with van der Waals surface area (Å²) in [5, 5.41) is 3.25. The Labute approximate surface area is 143 Å². The molecule has 0 aromatic heterocycles. The predicted octanol–water partition coefficient (Wildman–Crippen LogP) is 2.74. The van der Waals surface area contributed by atoms with Crippen molar-refractivity contribution in [3.63, 3.8) is 0 Å². The smallest absolute Gasteiger partial charge is 0.317 e. The Balaban J connectivity index is 1.66. The van der Waals surface area contributed by atoms with Gasteiger partial charge >= 0.3 is 6.03 Å².